The number of pyridine rings is 2. The molecule has 0 saturated carbocycles. The third kappa shape index (κ3) is 5.79. The maximum Gasteiger partial charge on any atom is 0.337 e. The Kier molecular flexibility index (Phi) is 7.30. The summed E-state index contributed by atoms with van der Waals surface area (Å²) in [4.78, 5) is 34.7. The molecule has 0 aliphatic heterocycles. The lowest BCUT2D eigenvalue weighted by Crippen LogP contribution is -2.29. The van der Waals surface area contributed by atoms with Gasteiger partial charge in [-0.2, -0.15) is 0 Å². The van der Waals surface area contributed by atoms with Crippen LogP contribution in [0.3, 0.4) is 0 Å². The van der Waals surface area contributed by atoms with Gasteiger partial charge in [-0.05, 0) is 87.7 Å². The minimum Gasteiger partial charge on any atom is -0.479 e. The Labute approximate surface area is 220 Å². The number of nitrogens with one attached hydrogen (secondary N) is 1. The van der Waals surface area contributed by atoms with Crippen molar-refractivity contribution in [3.8, 4) is 11.1 Å². The molecule has 2 heterocycles. The molecule has 2 N–H and O–H groups in total. The van der Waals surface area contributed by atoms with E-state index in [1.54, 1.807) is 71.1 Å². The molecule has 0 radical (unpaired) electrons. The van der Waals surface area contributed by atoms with Gasteiger partial charge in [0.2, 0.25) is 0 Å². The highest BCUT2D eigenvalue weighted by Gasteiger charge is 2.33. The molecule has 4 aromatic rings. The number of hydrogen-bond donors (Lipinski definition) is 2. The van der Waals surface area contributed by atoms with Crippen molar-refractivity contribution in [1.29, 1.82) is 0 Å². The number of rotatable bonds is 6. The lowest BCUT2D eigenvalue weighted by atomic mass is 9.89. The van der Waals surface area contributed by atoms with Crippen LogP contribution in [0.25, 0.3) is 22.0 Å². The summed E-state index contributed by atoms with van der Waals surface area (Å²) >= 11 is 6.12. The van der Waals surface area contributed by atoms with Crippen LogP contribution in [0.1, 0.15) is 54.2 Å². The number of fused-ring (bicyclic) bond motifs is 1. The van der Waals surface area contributed by atoms with Crippen LogP contribution in [0, 0.1) is 13.8 Å². The largest absolute Gasteiger partial charge is 0.479 e. The molecule has 2 aromatic carbocycles. The van der Waals surface area contributed by atoms with Gasteiger partial charge in [0.15, 0.2) is 6.10 Å². The van der Waals surface area contributed by atoms with Crippen molar-refractivity contribution >= 4 is 40.1 Å². The molecule has 7 nitrogen and oxygen atoms in total. The van der Waals surface area contributed by atoms with Gasteiger partial charge in [-0.25, -0.2) is 9.78 Å². The summed E-state index contributed by atoms with van der Waals surface area (Å²) in [6, 6.07) is 16.2. The van der Waals surface area contributed by atoms with Crippen molar-refractivity contribution in [2.45, 2.75) is 46.3 Å². The van der Waals surface area contributed by atoms with E-state index in [-0.39, 0.29) is 5.69 Å². The van der Waals surface area contributed by atoms with Crippen LogP contribution in [0.5, 0.6) is 0 Å². The second kappa shape index (κ2) is 10.3. The summed E-state index contributed by atoms with van der Waals surface area (Å²) in [7, 11) is 0. The van der Waals surface area contributed by atoms with Crippen molar-refractivity contribution in [3.05, 3.63) is 88.3 Å². The van der Waals surface area contributed by atoms with E-state index < -0.39 is 23.6 Å². The molecule has 0 unspecified atom stereocenters. The molecule has 2 aromatic heterocycles. The maximum atomic E-state index is 13.4. The molecular formula is C29H28ClN3O4. The Morgan fingerprint density at radius 1 is 1.05 bits per heavy atom. The van der Waals surface area contributed by atoms with Gasteiger partial charge >= 0.3 is 5.97 Å². The van der Waals surface area contributed by atoms with Gasteiger partial charge in [0.05, 0.1) is 11.1 Å². The average molecular weight is 518 g/mol. The first-order valence-electron chi connectivity index (χ1n) is 11.8. The standard InChI is InChI=1S/C29H28ClN3O4/c1-16-23(18-8-10-20(30)11-9-18)24(26(28(35)36)37-29(3,4)5)17(2)32-25(16)27(34)33-21-12-13-22-19(15-21)7-6-14-31-22/h6-15,26H,1-5H3,(H,33,34)(H,35,36)/t26-/m0/s1. The van der Waals surface area contributed by atoms with Crippen molar-refractivity contribution in [1.82, 2.24) is 9.97 Å². The predicted octanol–water partition coefficient (Wildman–Crippen LogP) is 6.76. The number of carbonyl (C=O) groups is 2. The minimum atomic E-state index is -1.29. The number of amides is 1. The van der Waals surface area contributed by atoms with Crippen LogP contribution in [-0.4, -0.2) is 32.6 Å². The Hall–Kier alpha value is -3.81. The topological polar surface area (TPSA) is 101 Å². The zero-order valence-corrected chi connectivity index (χ0v) is 22.1. The Morgan fingerprint density at radius 2 is 1.76 bits per heavy atom. The zero-order valence-electron chi connectivity index (χ0n) is 21.3. The normalized spacial score (nSPS) is 12.4. The average Bonchev–Trinajstić information content (AvgIpc) is 2.83. The number of halogens is 1. The Morgan fingerprint density at radius 3 is 2.41 bits per heavy atom. The fourth-order valence-electron chi connectivity index (χ4n) is 4.27. The van der Waals surface area contributed by atoms with Crippen LogP contribution in [0.2, 0.25) is 5.02 Å². The van der Waals surface area contributed by atoms with Crippen LogP contribution in [0.4, 0.5) is 5.69 Å². The third-order valence-electron chi connectivity index (χ3n) is 5.84. The third-order valence-corrected chi connectivity index (χ3v) is 6.09. The number of hydrogen-bond acceptors (Lipinski definition) is 5. The molecule has 37 heavy (non-hydrogen) atoms. The first kappa shape index (κ1) is 26.3. The molecule has 0 bridgehead atoms. The minimum absolute atomic E-state index is 0.192. The van der Waals surface area contributed by atoms with Gasteiger partial charge in [0, 0.05) is 33.6 Å². The molecule has 1 amide bonds. The molecule has 0 fully saturated rings. The van der Waals surface area contributed by atoms with E-state index in [1.807, 2.05) is 24.3 Å². The van der Waals surface area contributed by atoms with Crippen molar-refractivity contribution < 1.29 is 19.4 Å². The van der Waals surface area contributed by atoms with Gasteiger partial charge in [0.25, 0.3) is 5.91 Å². The second-order valence-corrected chi connectivity index (χ2v) is 10.2. The molecule has 0 aliphatic rings. The predicted molar refractivity (Wildman–Crippen MR) is 145 cm³/mol. The highest BCUT2D eigenvalue weighted by molar-refractivity contribution is 6.30. The van der Waals surface area contributed by atoms with Crippen molar-refractivity contribution in [2.24, 2.45) is 0 Å². The molecule has 190 valence electrons. The van der Waals surface area contributed by atoms with E-state index in [1.165, 1.54) is 0 Å². The van der Waals surface area contributed by atoms with Crippen molar-refractivity contribution in [2.75, 3.05) is 5.32 Å². The van der Waals surface area contributed by atoms with Gasteiger partial charge in [-0.3, -0.25) is 9.78 Å². The van der Waals surface area contributed by atoms with Crippen molar-refractivity contribution in [3.63, 3.8) is 0 Å². The molecule has 8 heteroatoms. The summed E-state index contributed by atoms with van der Waals surface area (Å²) in [5.41, 5.74) is 3.48. The quantitative estimate of drug-likeness (QED) is 0.293. The van der Waals surface area contributed by atoms with Crippen LogP contribution >= 0.6 is 11.6 Å². The number of carboxylic acids is 1. The van der Waals surface area contributed by atoms with Gasteiger partial charge in [-0.15, -0.1) is 0 Å². The first-order valence-corrected chi connectivity index (χ1v) is 12.2. The highest BCUT2D eigenvalue weighted by Crippen LogP contribution is 2.38. The second-order valence-electron chi connectivity index (χ2n) is 9.78. The number of aliphatic carboxylic acids is 1. The first-order chi connectivity index (χ1) is 17.4. The smallest absolute Gasteiger partial charge is 0.337 e. The number of benzene rings is 2. The highest BCUT2D eigenvalue weighted by atomic mass is 35.5. The van der Waals surface area contributed by atoms with Gasteiger partial charge in [-0.1, -0.05) is 29.8 Å². The van der Waals surface area contributed by atoms with Crippen LogP contribution in [0.15, 0.2) is 60.8 Å². The summed E-state index contributed by atoms with van der Waals surface area (Å²) in [6.07, 6.45) is 0.423. The maximum absolute atomic E-state index is 13.4. The SMILES string of the molecule is Cc1nc(C(=O)Nc2ccc3ncccc3c2)c(C)c(-c2ccc(Cl)cc2)c1[C@H](OC(C)(C)C)C(=O)O. The van der Waals surface area contributed by atoms with E-state index in [2.05, 4.69) is 15.3 Å². The van der Waals surface area contributed by atoms with Crippen LogP contribution in [-0.2, 0) is 9.53 Å². The number of aryl methyl sites for hydroxylation is 1. The monoisotopic (exact) mass is 517 g/mol. The molecule has 4 rings (SSSR count). The van der Waals surface area contributed by atoms with E-state index >= 15 is 0 Å². The summed E-state index contributed by atoms with van der Waals surface area (Å²) in [5.74, 6) is -1.55. The van der Waals surface area contributed by atoms with E-state index in [0.29, 0.717) is 38.7 Å². The summed E-state index contributed by atoms with van der Waals surface area (Å²) in [5, 5.41) is 14.5. The molecule has 0 aliphatic carbocycles. The van der Waals surface area contributed by atoms with Crippen LogP contribution < -0.4 is 5.32 Å². The number of ether oxygens (including phenoxy) is 1. The molecule has 0 saturated heterocycles. The summed E-state index contributed by atoms with van der Waals surface area (Å²) < 4.78 is 5.97. The lowest BCUT2D eigenvalue weighted by molar-refractivity contribution is -0.160. The number of nitrogens with zero attached hydrogens (tertiary/aromatic N) is 2. The fourth-order valence-corrected chi connectivity index (χ4v) is 4.40. The lowest BCUT2D eigenvalue weighted by Gasteiger charge is -2.28. The molecule has 0 spiro atoms. The van der Waals surface area contributed by atoms with Gasteiger partial charge in [0.1, 0.15) is 5.69 Å². The number of anilines is 1. The summed E-state index contributed by atoms with van der Waals surface area (Å²) in [6.45, 7) is 8.83. The molecule has 1 atom stereocenters. The van der Waals surface area contributed by atoms with E-state index in [9.17, 15) is 14.7 Å². The van der Waals surface area contributed by atoms with E-state index in [4.69, 9.17) is 16.3 Å². The Bertz CT molecular complexity index is 1490. The molecular weight excluding hydrogens is 490 g/mol. The number of carbonyl (C=O) groups excluding carboxylic acids is 1. The number of aromatic nitrogens is 2. The zero-order chi connectivity index (χ0) is 26.9. The Balaban J connectivity index is 1.85. The fraction of sp³-hybridized carbons (Fsp3) is 0.241. The van der Waals surface area contributed by atoms with Gasteiger partial charge < -0.3 is 15.2 Å². The van der Waals surface area contributed by atoms with E-state index in [0.717, 1.165) is 10.9 Å². The number of carboxylic acid groups (broad SMARTS) is 1.